The third kappa shape index (κ3) is 2.92. The molecule has 2 aliphatic heterocycles. The average Bonchev–Trinajstić information content (AvgIpc) is 2.23. The summed E-state index contributed by atoms with van der Waals surface area (Å²) in [5.41, 5.74) is 0. The number of likely N-dealkylation sites (N-methyl/N-ethyl adjacent to an activating group) is 1. The molecule has 0 unspecified atom stereocenters. The van der Waals surface area contributed by atoms with Crippen molar-refractivity contribution in [3.05, 3.63) is 0 Å². The average molecular weight is 198 g/mol. The summed E-state index contributed by atoms with van der Waals surface area (Å²) in [7, 11) is 2.20. The predicted molar refractivity (Wildman–Crippen MR) is 58.3 cm³/mol. The van der Waals surface area contributed by atoms with Crippen molar-refractivity contribution in [2.24, 2.45) is 0 Å². The van der Waals surface area contributed by atoms with Crippen LogP contribution < -0.4 is 10.6 Å². The zero-order valence-electron chi connectivity index (χ0n) is 9.13. The van der Waals surface area contributed by atoms with Crippen LogP contribution in [0.5, 0.6) is 0 Å². The van der Waals surface area contributed by atoms with Gasteiger partial charge in [0, 0.05) is 32.7 Å². The fourth-order valence-corrected chi connectivity index (χ4v) is 2.13. The quantitative estimate of drug-likeness (QED) is 0.605. The van der Waals surface area contributed by atoms with Gasteiger partial charge in [0.15, 0.2) is 0 Å². The molecule has 2 fully saturated rings. The number of nitrogens with zero attached hydrogens (tertiary/aromatic N) is 2. The molecule has 14 heavy (non-hydrogen) atoms. The minimum absolute atomic E-state index is 0.521. The highest BCUT2D eigenvalue weighted by Gasteiger charge is 2.18. The van der Waals surface area contributed by atoms with Crippen LogP contribution in [0.3, 0.4) is 0 Å². The van der Waals surface area contributed by atoms with Gasteiger partial charge in [0.2, 0.25) is 0 Å². The Labute approximate surface area is 86.6 Å². The van der Waals surface area contributed by atoms with Gasteiger partial charge >= 0.3 is 0 Å². The minimum Gasteiger partial charge on any atom is -0.304 e. The second-order valence-electron chi connectivity index (χ2n) is 4.42. The molecule has 4 heteroatoms. The maximum Gasteiger partial charge on any atom is 0.0703 e. The van der Waals surface area contributed by atoms with E-state index in [1.165, 1.54) is 45.7 Å². The van der Waals surface area contributed by atoms with Crippen LogP contribution in [-0.2, 0) is 0 Å². The van der Waals surface area contributed by atoms with E-state index in [0.29, 0.717) is 6.17 Å². The number of rotatable bonds is 2. The summed E-state index contributed by atoms with van der Waals surface area (Å²) in [4.78, 5) is 4.95. The van der Waals surface area contributed by atoms with Crippen molar-refractivity contribution in [3.63, 3.8) is 0 Å². The summed E-state index contributed by atoms with van der Waals surface area (Å²) in [6.07, 6.45) is 1.78. The van der Waals surface area contributed by atoms with E-state index in [0.717, 1.165) is 6.54 Å². The van der Waals surface area contributed by atoms with Gasteiger partial charge in [-0.25, -0.2) is 0 Å². The molecule has 82 valence electrons. The Hall–Kier alpha value is -0.160. The topological polar surface area (TPSA) is 30.5 Å². The van der Waals surface area contributed by atoms with Gasteiger partial charge in [-0.3, -0.25) is 4.90 Å². The molecule has 0 spiro atoms. The van der Waals surface area contributed by atoms with Crippen molar-refractivity contribution in [1.82, 2.24) is 20.4 Å². The smallest absolute Gasteiger partial charge is 0.0703 e. The van der Waals surface area contributed by atoms with Crippen molar-refractivity contribution in [2.45, 2.75) is 12.6 Å². The van der Waals surface area contributed by atoms with Crippen LogP contribution in [0, 0.1) is 0 Å². The molecule has 2 heterocycles. The van der Waals surface area contributed by atoms with E-state index in [1.807, 2.05) is 0 Å². The van der Waals surface area contributed by atoms with Gasteiger partial charge in [-0.05, 0) is 26.6 Å². The number of hydrogen-bond acceptors (Lipinski definition) is 4. The molecule has 0 saturated carbocycles. The van der Waals surface area contributed by atoms with Crippen molar-refractivity contribution in [1.29, 1.82) is 0 Å². The van der Waals surface area contributed by atoms with Crippen molar-refractivity contribution >= 4 is 0 Å². The first-order chi connectivity index (χ1) is 6.84. The monoisotopic (exact) mass is 198 g/mol. The van der Waals surface area contributed by atoms with Crippen LogP contribution >= 0.6 is 0 Å². The first-order valence-corrected chi connectivity index (χ1v) is 5.72. The normalized spacial score (nSPS) is 28.1. The third-order valence-electron chi connectivity index (χ3n) is 3.17. The molecular formula is C10H22N4. The largest absolute Gasteiger partial charge is 0.304 e. The lowest BCUT2D eigenvalue weighted by molar-refractivity contribution is 0.132. The summed E-state index contributed by atoms with van der Waals surface area (Å²) >= 11 is 0. The van der Waals surface area contributed by atoms with Gasteiger partial charge in [0.1, 0.15) is 0 Å². The lowest BCUT2D eigenvalue weighted by Crippen LogP contribution is -2.56. The Morgan fingerprint density at radius 3 is 2.36 bits per heavy atom. The van der Waals surface area contributed by atoms with Gasteiger partial charge in [-0.15, -0.1) is 0 Å². The van der Waals surface area contributed by atoms with Crippen molar-refractivity contribution in [3.8, 4) is 0 Å². The van der Waals surface area contributed by atoms with Gasteiger partial charge in [0.25, 0.3) is 0 Å². The first kappa shape index (κ1) is 10.4. The molecule has 0 amide bonds. The summed E-state index contributed by atoms with van der Waals surface area (Å²) < 4.78 is 0. The fraction of sp³-hybridized carbons (Fsp3) is 1.00. The zero-order chi connectivity index (χ0) is 9.80. The Balaban J connectivity index is 1.68. The maximum absolute atomic E-state index is 3.51. The lowest BCUT2D eigenvalue weighted by atomic mass is 10.2. The van der Waals surface area contributed by atoms with Crippen LogP contribution in [0.1, 0.15) is 6.42 Å². The molecule has 0 radical (unpaired) electrons. The van der Waals surface area contributed by atoms with Gasteiger partial charge in [0.05, 0.1) is 6.17 Å². The fourth-order valence-electron chi connectivity index (χ4n) is 2.13. The summed E-state index contributed by atoms with van der Waals surface area (Å²) in [6.45, 7) is 8.37. The van der Waals surface area contributed by atoms with E-state index in [-0.39, 0.29) is 0 Å². The van der Waals surface area contributed by atoms with Crippen molar-refractivity contribution in [2.75, 3.05) is 52.9 Å². The summed E-state index contributed by atoms with van der Waals surface area (Å²) in [5, 5.41) is 7.02. The predicted octanol–water partition coefficient (Wildman–Crippen LogP) is -0.857. The Morgan fingerprint density at radius 2 is 1.71 bits per heavy atom. The molecule has 0 aromatic carbocycles. The van der Waals surface area contributed by atoms with Crippen LogP contribution in [0.25, 0.3) is 0 Å². The standard InChI is InChI=1S/C10H22N4/c1-13-5-7-14(8-6-13)9-10-11-3-2-4-12-10/h10-12H,2-9H2,1H3. The van der Waals surface area contributed by atoms with E-state index in [9.17, 15) is 0 Å². The second kappa shape index (κ2) is 5.07. The molecule has 0 aromatic rings. The third-order valence-corrected chi connectivity index (χ3v) is 3.17. The molecule has 2 aliphatic rings. The molecule has 0 aromatic heterocycles. The zero-order valence-corrected chi connectivity index (χ0v) is 9.13. The lowest BCUT2D eigenvalue weighted by Gasteiger charge is -2.36. The van der Waals surface area contributed by atoms with Crippen LogP contribution in [0.15, 0.2) is 0 Å². The van der Waals surface area contributed by atoms with Gasteiger partial charge in [-0.1, -0.05) is 0 Å². The first-order valence-electron chi connectivity index (χ1n) is 5.72. The number of nitrogens with one attached hydrogen (secondary N) is 2. The number of hydrogen-bond donors (Lipinski definition) is 2. The molecule has 2 N–H and O–H groups in total. The van der Waals surface area contributed by atoms with E-state index < -0.39 is 0 Å². The van der Waals surface area contributed by atoms with E-state index in [4.69, 9.17) is 0 Å². The molecular weight excluding hydrogens is 176 g/mol. The minimum atomic E-state index is 0.521. The second-order valence-corrected chi connectivity index (χ2v) is 4.42. The Kier molecular flexibility index (Phi) is 3.75. The highest BCUT2D eigenvalue weighted by atomic mass is 15.3. The number of piperazine rings is 1. The summed E-state index contributed by atoms with van der Waals surface area (Å²) in [6, 6.07) is 0. The maximum atomic E-state index is 3.51. The highest BCUT2D eigenvalue weighted by molar-refractivity contribution is 4.77. The molecule has 4 nitrogen and oxygen atoms in total. The van der Waals surface area contributed by atoms with E-state index in [1.54, 1.807) is 0 Å². The summed E-state index contributed by atoms with van der Waals surface area (Å²) in [5.74, 6) is 0. The molecule has 0 aliphatic carbocycles. The van der Waals surface area contributed by atoms with Crippen LogP contribution in [0.4, 0.5) is 0 Å². The Bertz CT molecular complexity index is 160. The van der Waals surface area contributed by atoms with E-state index >= 15 is 0 Å². The molecule has 0 atom stereocenters. The van der Waals surface area contributed by atoms with Gasteiger partial charge < -0.3 is 15.5 Å². The Morgan fingerprint density at radius 1 is 1.07 bits per heavy atom. The molecule has 0 bridgehead atoms. The van der Waals surface area contributed by atoms with Crippen LogP contribution in [-0.4, -0.2) is 68.8 Å². The van der Waals surface area contributed by atoms with Crippen LogP contribution in [0.2, 0.25) is 0 Å². The van der Waals surface area contributed by atoms with Gasteiger partial charge in [-0.2, -0.15) is 0 Å². The van der Waals surface area contributed by atoms with Crippen molar-refractivity contribution < 1.29 is 0 Å². The molecule has 2 rings (SSSR count). The molecule has 2 saturated heterocycles. The highest BCUT2D eigenvalue weighted by Crippen LogP contribution is 2.00. The van der Waals surface area contributed by atoms with E-state index in [2.05, 4.69) is 27.5 Å². The SMILES string of the molecule is CN1CCN(CC2NCCCN2)CC1.